The highest BCUT2D eigenvalue weighted by molar-refractivity contribution is 5.15. The van der Waals surface area contributed by atoms with Crippen LogP contribution in [0.1, 0.15) is 12.0 Å². The van der Waals surface area contributed by atoms with Crippen LogP contribution in [0.15, 0.2) is 24.3 Å². The lowest BCUT2D eigenvalue weighted by molar-refractivity contribution is 0.292. The number of rotatable bonds is 8. The van der Waals surface area contributed by atoms with Crippen molar-refractivity contribution in [1.29, 1.82) is 0 Å². The van der Waals surface area contributed by atoms with Crippen molar-refractivity contribution >= 4 is 0 Å². The number of nitrogens with one attached hydrogen (secondary N) is 2. The largest absolute Gasteiger partial charge is 0.395 e. The first kappa shape index (κ1) is 13.1. The molecule has 16 heavy (non-hydrogen) atoms. The quantitative estimate of drug-likeness (QED) is 0.577. The third-order valence-electron chi connectivity index (χ3n) is 2.24. The summed E-state index contributed by atoms with van der Waals surface area (Å²) in [6.45, 7) is 3.41. The van der Waals surface area contributed by atoms with Gasteiger partial charge in [0.05, 0.1) is 6.61 Å². The molecule has 3 nitrogen and oxygen atoms in total. The monoisotopic (exact) mass is 226 g/mol. The van der Waals surface area contributed by atoms with E-state index in [0.29, 0.717) is 6.54 Å². The van der Waals surface area contributed by atoms with Gasteiger partial charge in [0.15, 0.2) is 0 Å². The number of aliphatic hydroxyl groups is 1. The van der Waals surface area contributed by atoms with E-state index in [9.17, 15) is 4.39 Å². The van der Waals surface area contributed by atoms with Gasteiger partial charge in [-0.25, -0.2) is 4.39 Å². The van der Waals surface area contributed by atoms with Crippen molar-refractivity contribution in [1.82, 2.24) is 10.6 Å². The van der Waals surface area contributed by atoms with E-state index in [4.69, 9.17) is 5.11 Å². The topological polar surface area (TPSA) is 44.3 Å². The van der Waals surface area contributed by atoms with Gasteiger partial charge in [0.1, 0.15) is 5.82 Å². The summed E-state index contributed by atoms with van der Waals surface area (Å²) in [7, 11) is 0. The summed E-state index contributed by atoms with van der Waals surface area (Å²) in [6, 6.07) is 6.51. The molecule has 3 N–H and O–H groups in total. The van der Waals surface area contributed by atoms with Crippen LogP contribution in [0, 0.1) is 5.82 Å². The molecule has 0 heterocycles. The highest BCUT2D eigenvalue weighted by Gasteiger charge is 1.93. The molecule has 0 unspecified atom stereocenters. The molecule has 0 fully saturated rings. The number of benzene rings is 1. The van der Waals surface area contributed by atoms with E-state index in [1.165, 1.54) is 12.1 Å². The van der Waals surface area contributed by atoms with E-state index in [1.54, 1.807) is 12.1 Å². The third-order valence-corrected chi connectivity index (χ3v) is 2.24. The lowest BCUT2D eigenvalue weighted by Crippen LogP contribution is -2.23. The average Bonchev–Trinajstić information content (AvgIpc) is 2.30. The molecule has 0 saturated heterocycles. The summed E-state index contributed by atoms with van der Waals surface area (Å²) in [6.07, 6.45) is 1.02. The van der Waals surface area contributed by atoms with E-state index in [-0.39, 0.29) is 12.4 Å². The molecule has 1 aromatic rings. The zero-order valence-electron chi connectivity index (χ0n) is 9.38. The standard InChI is InChI=1S/C12H19FN2O/c13-12-4-2-11(3-5-12)10-15-7-1-6-14-8-9-16/h2-5,14-16H,1,6-10H2. The van der Waals surface area contributed by atoms with E-state index >= 15 is 0 Å². The van der Waals surface area contributed by atoms with Crippen molar-refractivity contribution in [3.8, 4) is 0 Å². The molecule has 0 spiro atoms. The molecule has 0 atom stereocenters. The predicted octanol–water partition coefficient (Wildman–Crippen LogP) is 0.887. The fourth-order valence-corrected chi connectivity index (χ4v) is 1.38. The van der Waals surface area contributed by atoms with Crippen LogP contribution in [-0.2, 0) is 6.54 Å². The van der Waals surface area contributed by atoms with Crippen LogP contribution < -0.4 is 10.6 Å². The molecule has 0 amide bonds. The van der Waals surface area contributed by atoms with Crippen LogP contribution in [0.2, 0.25) is 0 Å². The highest BCUT2D eigenvalue weighted by Crippen LogP contribution is 2.01. The lowest BCUT2D eigenvalue weighted by atomic mass is 10.2. The fourth-order valence-electron chi connectivity index (χ4n) is 1.38. The zero-order chi connectivity index (χ0) is 11.6. The minimum Gasteiger partial charge on any atom is -0.395 e. The minimum atomic E-state index is -0.197. The maximum Gasteiger partial charge on any atom is 0.123 e. The van der Waals surface area contributed by atoms with Gasteiger partial charge in [-0.05, 0) is 37.2 Å². The normalized spacial score (nSPS) is 10.6. The predicted molar refractivity (Wildman–Crippen MR) is 62.7 cm³/mol. The Balaban J connectivity index is 2.01. The SMILES string of the molecule is OCCNCCCNCc1ccc(F)cc1. The smallest absolute Gasteiger partial charge is 0.123 e. The summed E-state index contributed by atoms with van der Waals surface area (Å²) in [4.78, 5) is 0. The molecule has 1 rings (SSSR count). The number of hydrogen-bond donors (Lipinski definition) is 3. The molecule has 0 aromatic heterocycles. The second kappa shape index (κ2) is 8.21. The van der Waals surface area contributed by atoms with Gasteiger partial charge in [-0.15, -0.1) is 0 Å². The molecule has 0 aliphatic carbocycles. The van der Waals surface area contributed by atoms with Gasteiger partial charge in [-0.3, -0.25) is 0 Å². The first-order valence-electron chi connectivity index (χ1n) is 5.59. The Morgan fingerprint density at radius 2 is 1.69 bits per heavy atom. The van der Waals surface area contributed by atoms with Crippen LogP contribution in [0.4, 0.5) is 4.39 Å². The van der Waals surface area contributed by atoms with Crippen molar-refractivity contribution in [2.75, 3.05) is 26.2 Å². The summed E-state index contributed by atoms with van der Waals surface area (Å²) >= 11 is 0. The molecule has 0 bridgehead atoms. The Morgan fingerprint density at radius 3 is 2.38 bits per heavy atom. The second-order valence-corrected chi connectivity index (χ2v) is 3.63. The Morgan fingerprint density at radius 1 is 1.00 bits per heavy atom. The van der Waals surface area contributed by atoms with Crippen molar-refractivity contribution < 1.29 is 9.50 Å². The molecule has 4 heteroatoms. The van der Waals surface area contributed by atoms with E-state index in [1.807, 2.05) is 0 Å². The maximum absolute atomic E-state index is 12.6. The number of hydrogen-bond acceptors (Lipinski definition) is 3. The molecule has 0 radical (unpaired) electrons. The highest BCUT2D eigenvalue weighted by atomic mass is 19.1. The van der Waals surface area contributed by atoms with Crippen LogP contribution in [0.25, 0.3) is 0 Å². The third kappa shape index (κ3) is 5.80. The Kier molecular flexibility index (Phi) is 6.72. The first-order chi connectivity index (χ1) is 7.83. The van der Waals surface area contributed by atoms with Crippen molar-refractivity contribution in [2.24, 2.45) is 0 Å². The summed E-state index contributed by atoms with van der Waals surface area (Å²) < 4.78 is 12.6. The lowest BCUT2D eigenvalue weighted by Gasteiger charge is -2.05. The van der Waals surface area contributed by atoms with Gasteiger partial charge in [-0.1, -0.05) is 12.1 Å². The van der Waals surface area contributed by atoms with Gasteiger partial charge in [-0.2, -0.15) is 0 Å². The van der Waals surface area contributed by atoms with Crippen LogP contribution in [-0.4, -0.2) is 31.3 Å². The average molecular weight is 226 g/mol. The van der Waals surface area contributed by atoms with E-state index < -0.39 is 0 Å². The molecule has 90 valence electrons. The van der Waals surface area contributed by atoms with Gasteiger partial charge in [0, 0.05) is 13.1 Å². The Bertz CT molecular complexity index is 277. The summed E-state index contributed by atoms with van der Waals surface area (Å²) in [5.74, 6) is -0.197. The second-order valence-electron chi connectivity index (χ2n) is 3.63. The van der Waals surface area contributed by atoms with Crippen LogP contribution >= 0.6 is 0 Å². The van der Waals surface area contributed by atoms with Gasteiger partial charge < -0.3 is 15.7 Å². The molecule has 1 aromatic carbocycles. The van der Waals surface area contributed by atoms with E-state index in [0.717, 1.165) is 31.6 Å². The van der Waals surface area contributed by atoms with Gasteiger partial charge >= 0.3 is 0 Å². The fraction of sp³-hybridized carbons (Fsp3) is 0.500. The van der Waals surface area contributed by atoms with Crippen LogP contribution in [0.5, 0.6) is 0 Å². The first-order valence-corrected chi connectivity index (χ1v) is 5.59. The zero-order valence-corrected chi connectivity index (χ0v) is 9.38. The van der Waals surface area contributed by atoms with Crippen molar-refractivity contribution in [3.63, 3.8) is 0 Å². The van der Waals surface area contributed by atoms with Gasteiger partial charge in [0.25, 0.3) is 0 Å². The van der Waals surface area contributed by atoms with Gasteiger partial charge in [0.2, 0.25) is 0 Å². The molecule has 0 aliphatic heterocycles. The molecular formula is C12H19FN2O. The Labute approximate surface area is 95.7 Å². The Hall–Kier alpha value is -0.970. The van der Waals surface area contributed by atoms with E-state index in [2.05, 4.69) is 10.6 Å². The van der Waals surface area contributed by atoms with Crippen LogP contribution in [0.3, 0.4) is 0 Å². The number of aliphatic hydroxyl groups excluding tert-OH is 1. The summed E-state index contributed by atoms with van der Waals surface area (Å²) in [5.41, 5.74) is 1.09. The van der Waals surface area contributed by atoms with Crippen molar-refractivity contribution in [3.05, 3.63) is 35.6 Å². The molecular weight excluding hydrogens is 207 g/mol. The minimum absolute atomic E-state index is 0.184. The summed E-state index contributed by atoms with van der Waals surface area (Å²) in [5, 5.41) is 14.9. The molecule has 0 aliphatic rings. The maximum atomic E-state index is 12.6. The van der Waals surface area contributed by atoms with Crippen molar-refractivity contribution in [2.45, 2.75) is 13.0 Å². The molecule has 0 saturated carbocycles. The number of halogens is 1.